The van der Waals surface area contributed by atoms with Crippen LogP contribution in [0, 0.1) is 5.92 Å². The molecule has 2 aliphatic heterocycles. The molecule has 0 saturated heterocycles. The fourth-order valence-electron chi connectivity index (χ4n) is 3.11. The molecule has 2 amide bonds. The van der Waals surface area contributed by atoms with Gasteiger partial charge in [0.1, 0.15) is 5.92 Å². The van der Waals surface area contributed by atoms with Gasteiger partial charge in [0.25, 0.3) is 5.91 Å². The fourth-order valence-corrected chi connectivity index (χ4v) is 4.26. The Labute approximate surface area is 153 Å². The molecule has 0 aromatic heterocycles. The van der Waals surface area contributed by atoms with Crippen molar-refractivity contribution in [3.05, 3.63) is 71.9 Å². The Morgan fingerprint density at radius 1 is 1.00 bits per heavy atom. The maximum absolute atomic E-state index is 12.8. The molecule has 0 radical (unpaired) electrons. The Balaban J connectivity index is 1.55. The lowest BCUT2D eigenvalue weighted by Gasteiger charge is -2.31. The summed E-state index contributed by atoms with van der Waals surface area (Å²) in [5.41, 5.74) is 1.69. The topological polar surface area (TPSA) is 66.8 Å². The molecule has 2 aliphatic rings. The van der Waals surface area contributed by atoms with Crippen molar-refractivity contribution < 1.29 is 13.8 Å². The fraction of sp³-hybridized carbons (Fsp3) is 0.150. The molecular formula is C20H16N2O3S. The van der Waals surface area contributed by atoms with Crippen molar-refractivity contribution in [1.82, 2.24) is 4.90 Å². The van der Waals surface area contributed by atoms with E-state index in [9.17, 15) is 13.8 Å². The van der Waals surface area contributed by atoms with E-state index in [-0.39, 0.29) is 18.1 Å². The summed E-state index contributed by atoms with van der Waals surface area (Å²) in [5, 5.41) is 0. The summed E-state index contributed by atoms with van der Waals surface area (Å²) in [6.07, 6.45) is 3.69. The zero-order valence-electron chi connectivity index (χ0n) is 13.9. The first-order chi connectivity index (χ1) is 12.6. The van der Waals surface area contributed by atoms with Crippen LogP contribution in [0.2, 0.25) is 0 Å². The third kappa shape index (κ3) is 2.93. The van der Waals surface area contributed by atoms with Gasteiger partial charge in [-0.05, 0) is 30.2 Å². The molecular weight excluding hydrogens is 348 g/mol. The number of rotatable bonds is 4. The molecule has 0 spiro atoms. The summed E-state index contributed by atoms with van der Waals surface area (Å²) in [6.45, 7) is 0. The molecule has 2 atom stereocenters. The van der Waals surface area contributed by atoms with Crippen molar-refractivity contribution in [2.75, 3.05) is 5.75 Å². The van der Waals surface area contributed by atoms with Crippen molar-refractivity contribution >= 4 is 34.5 Å². The van der Waals surface area contributed by atoms with Crippen LogP contribution in [0.4, 0.5) is 0 Å². The van der Waals surface area contributed by atoms with Crippen LogP contribution in [-0.2, 0) is 20.4 Å². The van der Waals surface area contributed by atoms with E-state index in [1.807, 2.05) is 48.5 Å². The van der Waals surface area contributed by atoms with Gasteiger partial charge in [-0.1, -0.05) is 42.5 Å². The number of nitrogens with zero attached hydrogens (tertiary/aromatic N) is 2. The van der Waals surface area contributed by atoms with E-state index in [4.69, 9.17) is 0 Å². The Kier molecular flexibility index (Phi) is 4.34. The Morgan fingerprint density at radius 2 is 1.73 bits per heavy atom. The number of amidine groups is 1. The smallest absolute Gasteiger partial charge is 0.260 e. The minimum Gasteiger partial charge on any atom is -0.273 e. The van der Waals surface area contributed by atoms with Crippen LogP contribution in [0.1, 0.15) is 17.5 Å². The molecule has 2 heterocycles. The predicted octanol–water partition coefficient (Wildman–Crippen LogP) is 2.60. The number of aliphatic imine (C=N–C) groups is 1. The molecule has 0 aliphatic carbocycles. The minimum absolute atomic E-state index is 0.210. The normalized spacial score (nSPS) is 19.6. The maximum Gasteiger partial charge on any atom is 0.260 e. The summed E-state index contributed by atoms with van der Waals surface area (Å²) in [7, 11) is -1.25. The predicted molar refractivity (Wildman–Crippen MR) is 99.7 cm³/mol. The van der Waals surface area contributed by atoms with Crippen molar-refractivity contribution in [3.8, 4) is 0 Å². The molecule has 0 N–H and O–H groups in total. The first-order valence-electron chi connectivity index (χ1n) is 8.32. The monoisotopic (exact) mass is 364 g/mol. The maximum atomic E-state index is 12.8. The van der Waals surface area contributed by atoms with Crippen LogP contribution >= 0.6 is 0 Å². The molecule has 0 bridgehead atoms. The van der Waals surface area contributed by atoms with Gasteiger partial charge in [0.05, 0.1) is 10.8 Å². The van der Waals surface area contributed by atoms with Gasteiger partial charge in [0.2, 0.25) is 5.91 Å². The number of carbonyl (C=O) groups excluding carboxylic acids is 2. The number of hydrogen-bond donors (Lipinski definition) is 0. The van der Waals surface area contributed by atoms with E-state index in [1.54, 1.807) is 18.3 Å². The molecule has 2 aromatic rings. The number of benzene rings is 2. The average molecular weight is 364 g/mol. The summed E-state index contributed by atoms with van der Waals surface area (Å²) >= 11 is 0. The average Bonchev–Trinajstić information content (AvgIpc) is 2.68. The van der Waals surface area contributed by atoms with Crippen molar-refractivity contribution in [2.45, 2.75) is 11.3 Å². The van der Waals surface area contributed by atoms with E-state index in [0.717, 1.165) is 11.1 Å². The largest absolute Gasteiger partial charge is 0.273 e. The van der Waals surface area contributed by atoms with Gasteiger partial charge in [-0.15, -0.1) is 0 Å². The first-order valence-corrected chi connectivity index (χ1v) is 9.63. The van der Waals surface area contributed by atoms with Crippen LogP contribution in [0.5, 0.6) is 0 Å². The van der Waals surface area contributed by atoms with Gasteiger partial charge in [-0.3, -0.25) is 18.7 Å². The van der Waals surface area contributed by atoms with Crippen LogP contribution in [0.25, 0.3) is 6.08 Å². The quantitative estimate of drug-likeness (QED) is 0.783. The Morgan fingerprint density at radius 3 is 2.54 bits per heavy atom. The molecule has 6 heteroatoms. The van der Waals surface area contributed by atoms with Crippen molar-refractivity contribution in [3.63, 3.8) is 0 Å². The molecule has 0 fully saturated rings. The zero-order chi connectivity index (χ0) is 18.1. The van der Waals surface area contributed by atoms with Gasteiger partial charge in [-0.25, -0.2) is 0 Å². The van der Waals surface area contributed by atoms with Crippen molar-refractivity contribution in [2.24, 2.45) is 10.9 Å². The summed E-state index contributed by atoms with van der Waals surface area (Å²) < 4.78 is 12.4. The molecule has 2 aromatic carbocycles. The third-order valence-electron chi connectivity index (χ3n) is 4.48. The second-order valence-electron chi connectivity index (χ2n) is 6.09. The molecule has 5 nitrogen and oxygen atoms in total. The highest BCUT2D eigenvalue weighted by Gasteiger charge is 2.38. The van der Waals surface area contributed by atoms with E-state index in [2.05, 4.69) is 4.99 Å². The highest BCUT2D eigenvalue weighted by molar-refractivity contribution is 7.85. The van der Waals surface area contributed by atoms with Crippen LogP contribution < -0.4 is 0 Å². The van der Waals surface area contributed by atoms with Crippen LogP contribution in [-0.4, -0.2) is 32.5 Å². The van der Waals surface area contributed by atoms with E-state index >= 15 is 0 Å². The highest BCUT2D eigenvalue weighted by Crippen LogP contribution is 2.27. The van der Waals surface area contributed by atoms with E-state index in [0.29, 0.717) is 10.7 Å². The van der Waals surface area contributed by atoms with E-state index in [1.165, 1.54) is 4.90 Å². The molecule has 2 unspecified atom stereocenters. The minimum atomic E-state index is -1.25. The summed E-state index contributed by atoms with van der Waals surface area (Å²) in [5.74, 6) is -1.04. The van der Waals surface area contributed by atoms with E-state index < -0.39 is 22.6 Å². The second kappa shape index (κ2) is 6.80. The number of hydrogen-bond acceptors (Lipinski definition) is 3. The van der Waals surface area contributed by atoms with Gasteiger partial charge < -0.3 is 0 Å². The molecule has 26 heavy (non-hydrogen) atoms. The van der Waals surface area contributed by atoms with Crippen molar-refractivity contribution in [1.29, 1.82) is 0 Å². The number of amides is 2. The van der Waals surface area contributed by atoms with Gasteiger partial charge >= 0.3 is 0 Å². The summed E-state index contributed by atoms with van der Waals surface area (Å²) in [6, 6.07) is 16.5. The lowest BCUT2D eigenvalue weighted by atomic mass is 9.97. The SMILES string of the molecule is O=C1N=C2c3ccccc3C=CN2C(=O)C1CCS(=O)c1ccccc1. The number of fused-ring (bicyclic) bond motifs is 3. The Hall–Kier alpha value is -2.86. The second-order valence-corrected chi connectivity index (χ2v) is 7.66. The van der Waals surface area contributed by atoms with Gasteiger partial charge in [0.15, 0.2) is 5.84 Å². The number of carbonyl (C=O) groups is 2. The highest BCUT2D eigenvalue weighted by atomic mass is 32.2. The van der Waals surface area contributed by atoms with Gasteiger partial charge in [0, 0.05) is 22.4 Å². The molecule has 130 valence electrons. The summed E-state index contributed by atoms with van der Waals surface area (Å²) in [4.78, 5) is 31.5. The molecule has 0 saturated carbocycles. The molecule has 4 rings (SSSR count). The third-order valence-corrected chi connectivity index (χ3v) is 5.89. The standard InChI is InChI=1S/C20H16N2O3S/c23-19-17(11-13-26(25)15-7-2-1-3-8-15)20(24)22-12-10-14-6-4-5-9-16(14)18(22)21-19/h1-10,12,17H,11,13H2. The first kappa shape index (κ1) is 16.6. The lowest BCUT2D eigenvalue weighted by Crippen LogP contribution is -2.46. The zero-order valence-corrected chi connectivity index (χ0v) is 14.7. The Bertz CT molecular complexity index is 966. The van der Waals surface area contributed by atoms with Crippen LogP contribution in [0.3, 0.4) is 0 Å². The van der Waals surface area contributed by atoms with Gasteiger partial charge in [-0.2, -0.15) is 4.99 Å². The van der Waals surface area contributed by atoms with Crippen LogP contribution in [0.15, 0.2) is 70.7 Å². The lowest BCUT2D eigenvalue weighted by molar-refractivity contribution is -0.137.